The molecule has 0 saturated heterocycles. The topological polar surface area (TPSA) is 3.24 Å². The van der Waals surface area contributed by atoms with Gasteiger partial charge in [0, 0.05) is 23.3 Å². The predicted octanol–water partition coefficient (Wildman–Crippen LogP) is 3.78. The molecule has 0 atom stereocenters. The second-order valence-corrected chi connectivity index (χ2v) is 3.82. The average Bonchev–Trinajstić information content (AvgIpc) is 2.16. The smallest absolute Gasteiger partial charge is 0.255 e. The normalized spacial score (nSPS) is 10.8. The fraction of sp³-hybridized carbons (Fsp3) is 0.400. The van der Waals surface area contributed by atoms with Gasteiger partial charge < -0.3 is 4.90 Å². The molecule has 1 rings (SSSR count). The lowest BCUT2D eigenvalue weighted by Gasteiger charge is -2.21. The maximum Gasteiger partial charge on any atom is 0.255 e. The monoisotopic (exact) mass is 253 g/mol. The molecule has 0 heterocycles. The van der Waals surface area contributed by atoms with Crippen LogP contribution in [0.25, 0.3) is 0 Å². The second-order valence-electron chi connectivity index (χ2n) is 3.14. The molecule has 0 fully saturated rings. The highest BCUT2D eigenvalue weighted by Gasteiger charge is 2.13. The van der Waals surface area contributed by atoms with E-state index < -0.39 is 6.43 Å². The van der Waals surface area contributed by atoms with Crippen molar-refractivity contribution in [2.24, 2.45) is 0 Å². The third-order valence-electron chi connectivity index (χ3n) is 2.05. The molecule has 84 valence electrons. The molecule has 0 unspecified atom stereocenters. The van der Waals surface area contributed by atoms with Gasteiger partial charge in [0.1, 0.15) is 0 Å². The van der Waals surface area contributed by atoms with E-state index in [0.29, 0.717) is 16.3 Å². The van der Waals surface area contributed by atoms with E-state index in [1.54, 1.807) is 25.2 Å². The highest BCUT2D eigenvalue weighted by molar-refractivity contribution is 6.32. The van der Waals surface area contributed by atoms with Crippen LogP contribution in [0.3, 0.4) is 0 Å². The Morgan fingerprint density at radius 3 is 2.60 bits per heavy atom. The number of alkyl halides is 3. The Labute approximate surface area is 97.6 Å². The first-order valence-corrected chi connectivity index (χ1v) is 5.30. The summed E-state index contributed by atoms with van der Waals surface area (Å²) in [7, 11) is 1.59. The number of hydrogen-bond donors (Lipinski definition) is 0. The van der Waals surface area contributed by atoms with Gasteiger partial charge >= 0.3 is 0 Å². The van der Waals surface area contributed by atoms with Crippen LogP contribution >= 0.6 is 23.2 Å². The van der Waals surface area contributed by atoms with Crippen LogP contribution in [0.5, 0.6) is 0 Å². The zero-order chi connectivity index (χ0) is 11.4. The zero-order valence-electron chi connectivity index (χ0n) is 8.18. The third-order valence-corrected chi connectivity index (χ3v) is 2.67. The Bertz CT molecular complexity index is 331. The summed E-state index contributed by atoms with van der Waals surface area (Å²) in [6, 6.07) is 5.14. The summed E-state index contributed by atoms with van der Waals surface area (Å²) in [5.74, 6) is 0.211. The van der Waals surface area contributed by atoms with Crippen LogP contribution in [-0.4, -0.2) is 20.0 Å². The summed E-state index contributed by atoms with van der Waals surface area (Å²) in [5, 5.41) is 0.503. The molecule has 0 aliphatic rings. The minimum atomic E-state index is -2.38. The Hall–Kier alpha value is -0.540. The Morgan fingerprint density at radius 1 is 1.40 bits per heavy atom. The molecule has 0 aromatic heterocycles. The molecule has 0 bridgehead atoms. The SMILES string of the molecule is CN(CC(F)F)c1cccc(Cl)c1CCl. The van der Waals surface area contributed by atoms with Crippen molar-refractivity contribution < 1.29 is 8.78 Å². The summed E-state index contributed by atoms with van der Waals surface area (Å²) >= 11 is 11.6. The fourth-order valence-electron chi connectivity index (χ4n) is 1.34. The van der Waals surface area contributed by atoms with E-state index in [4.69, 9.17) is 23.2 Å². The molecule has 15 heavy (non-hydrogen) atoms. The molecular weight excluding hydrogens is 243 g/mol. The van der Waals surface area contributed by atoms with Crippen molar-refractivity contribution in [3.8, 4) is 0 Å². The predicted molar refractivity (Wildman–Crippen MR) is 60.3 cm³/mol. The van der Waals surface area contributed by atoms with Crippen LogP contribution in [-0.2, 0) is 5.88 Å². The van der Waals surface area contributed by atoms with Gasteiger partial charge in [0.25, 0.3) is 6.43 Å². The second kappa shape index (κ2) is 5.52. The minimum Gasteiger partial charge on any atom is -0.369 e. The molecule has 0 amide bonds. The molecule has 0 spiro atoms. The summed E-state index contributed by atoms with van der Waals surface area (Å²) in [4.78, 5) is 1.45. The van der Waals surface area contributed by atoms with Crippen LogP contribution in [0, 0.1) is 0 Å². The lowest BCUT2D eigenvalue weighted by molar-refractivity contribution is 0.156. The maximum atomic E-state index is 12.2. The molecular formula is C10H11Cl2F2N. The lowest BCUT2D eigenvalue weighted by Crippen LogP contribution is -2.24. The molecule has 1 nitrogen and oxygen atoms in total. The van der Waals surface area contributed by atoms with Crippen molar-refractivity contribution in [3.05, 3.63) is 28.8 Å². The first-order valence-electron chi connectivity index (χ1n) is 4.39. The zero-order valence-corrected chi connectivity index (χ0v) is 9.69. The van der Waals surface area contributed by atoms with Gasteiger partial charge in [0.2, 0.25) is 0 Å². The van der Waals surface area contributed by atoms with Gasteiger partial charge in [-0.2, -0.15) is 0 Å². The summed E-state index contributed by atoms with van der Waals surface area (Å²) in [6.07, 6.45) is -2.38. The van der Waals surface area contributed by atoms with E-state index in [0.717, 1.165) is 0 Å². The standard InChI is InChI=1S/C10H11Cl2F2N/c1-15(6-10(13)14)9-4-2-3-8(12)7(9)5-11/h2-4,10H,5-6H2,1H3. The van der Waals surface area contributed by atoms with Crippen LogP contribution in [0.2, 0.25) is 5.02 Å². The van der Waals surface area contributed by atoms with Gasteiger partial charge in [-0.25, -0.2) is 8.78 Å². The molecule has 0 radical (unpaired) electrons. The molecule has 1 aromatic carbocycles. The Balaban J connectivity index is 2.97. The first-order chi connectivity index (χ1) is 7.06. The Morgan fingerprint density at radius 2 is 2.07 bits per heavy atom. The van der Waals surface area contributed by atoms with Crippen molar-refractivity contribution in [1.82, 2.24) is 0 Å². The van der Waals surface area contributed by atoms with E-state index in [1.807, 2.05) is 0 Å². The maximum absolute atomic E-state index is 12.2. The molecule has 5 heteroatoms. The quantitative estimate of drug-likeness (QED) is 0.739. The summed E-state index contributed by atoms with van der Waals surface area (Å²) in [5.41, 5.74) is 1.33. The summed E-state index contributed by atoms with van der Waals surface area (Å²) < 4.78 is 24.4. The molecule has 0 aliphatic heterocycles. The number of nitrogens with zero attached hydrogens (tertiary/aromatic N) is 1. The van der Waals surface area contributed by atoms with Crippen LogP contribution < -0.4 is 4.90 Å². The van der Waals surface area contributed by atoms with Crippen molar-refractivity contribution in [2.45, 2.75) is 12.3 Å². The Kier molecular flexibility index (Phi) is 4.61. The molecule has 0 saturated carbocycles. The van der Waals surface area contributed by atoms with Crippen LogP contribution in [0.15, 0.2) is 18.2 Å². The highest BCUT2D eigenvalue weighted by atomic mass is 35.5. The van der Waals surface area contributed by atoms with Gasteiger partial charge in [0.15, 0.2) is 0 Å². The van der Waals surface area contributed by atoms with Gasteiger partial charge in [0.05, 0.1) is 12.4 Å². The van der Waals surface area contributed by atoms with E-state index in [9.17, 15) is 8.78 Å². The van der Waals surface area contributed by atoms with Crippen LogP contribution in [0.4, 0.5) is 14.5 Å². The number of anilines is 1. The van der Waals surface area contributed by atoms with E-state index in [-0.39, 0.29) is 12.4 Å². The highest BCUT2D eigenvalue weighted by Crippen LogP contribution is 2.28. The van der Waals surface area contributed by atoms with Crippen molar-refractivity contribution in [3.63, 3.8) is 0 Å². The molecule has 0 aliphatic carbocycles. The molecule has 0 N–H and O–H groups in total. The number of benzene rings is 1. The fourth-order valence-corrected chi connectivity index (χ4v) is 1.93. The minimum absolute atomic E-state index is 0.211. The van der Waals surface area contributed by atoms with Crippen LogP contribution in [0.1, 0.15) is 5.56 Å². The van der Waals surface area contributed by atoms with E-state index in [2.05, 4.69) is 0 Å². The lowest BCUT2D eigenvalue weighted by atomic mass is 10.2. The number of halogens is 4. The average molecular weight is 254 g/mol. The van der Waals surface area contributed by atoms with E-state index >= 15 is 0 Å². The van der Waals surface area contributed by atoms with Crippen molar-refractivity contribution in [1.29, 1.82) is 0 Å². The largest absolute Gasteiger partial charge is 0.369 e. The number of hydrogen-bond acceptors (Lipinski definition) is 1. The van der Waals surface area contributed by atoms with Gasteiger partial charge in [-0.05, 0) is 12.1 Å². The van der Waals surface area contributed by atoms with Crippen molar-refractivity contribution in [2.75, 3.05) is 18.5 Å². The van der Waals surface area contributed by atoms with E-state index in [1.165, 1.54) is 4.90 Å². The molecule has 1 aromatic rings. The first kappa shape index (κ1) is 12.5. The van der Waals surface area contributed by atoms with Gasteiger partial charge in [-0.3, -0.25) is 0 Å². The van der Waals surface area contributed by atoms with Gasteiger partial charge in [-0.15, -0.1) is 11.6 Å². The third kappa shape index (κ3) is 3.21. The number of rotatable bonds is 4. The summed E-state index contributed by atoms with van der Waals surface area (Å²) in [6.45, 7) is -0.329. The van der Waals surface area contributed by atoms with Crippen molar-refractivity contribution >= 4 is 28.9 Å². The van der Waals surface area contributed by atoms with Gasteiger partial charge in [-0.1, -0.05) is 17.7 Å².